The summed E-state index contributed by atoms with van der Waals surface area (Å²) in [5.41, 5.74) is 9.74. The van der Waals surface area contributed by atoms with E-state index in [4.69, 9.17) is 28.8 Å². The lowest BCUT2D eigenvalue weighted by Gasteiger charge is -2.13. The van der Waals surface area contributed by atoms with Crippen molar-refractivity contribution in [2.24, 2.45) is 0 Å². The minimum atomic E-state index is 0.557. The van der Waals surface area contributed by atoms with Gasteiger partial charge < -0.3 is 8.83 Å². The van der Waals surface area contributed by atoms with Crippen LogP contribution in [0.5, 0.6) is 0 Å². The van der Waals surface area contributed by atoms with Gasteiger partial charge in [0, 0.05) is 49.4 Å². The Morgan fingerprint density at radius 3 is 1.74 bits per heavy atom. The SMILES string of the molecule is c1ccc(-c2nc(-c3ccccc3-c3cc4nc(-c5ccccc5)sc4c4c3oc3ccccc34)nc(-c3cccc4oc5ccccc5c34)n2)cc1. The molecule has 4 heterocycles. The van der Waals surface area contributed by atoms with Crippen molar-refractivity contribution in [3.8, 4) is 55.9 Å². The fraction of sp³-hybridized carbons (Fsp3) is 0. The van der Waals surface area contributed by atoms with Crippen LogP contribution in [0.3, 0.4) is 0 Å². The fourth-order valence-corrected chi connectivity index (χ4v) is 8.49. The van der Waals surface area contributed by atoms with Crippen molar-refractivity contribution in [1.82, 2.24) is 19.9 Å². The van der Waals surface area contributed by atoms with Gasteiger partial charge in [0.15, 0.2) is 17.5 Å². The molecule has 0 spiro atoms. The Hall–Kier alpha value is -6.96. The lowest BCUT2D eigenvalue weighted by atomic mass is 9.96. The smallest absolute Gasteiger partial charge is 0.164 e. The number of thiazole rings is 1. The van der Waals surface area contributed by atoms with Crippen molar-refractivity contribution >= 4 is 65.4 Å². The van der Waals surface area contributed by atoms with Gasteiger partial charge in [0.1, 0.15) is 27.3 Å². The van der Waals surface area contributed by atoms with Crippen LogP contribution in [-0.4, -0.2) is 19.9 Å². The standard InChI is InChI=1S/C46H26N4O2S/c1-3-14-27(15-4-1)43-48-44(50-45(49-43)33-22-13-25-38-39(33)31-20-9-11-23-36(31)51-38)30-19-8-7-18-29(30)34-26-35-42(53-46(47-35)28-16-5-2-6-17-28)40-32-21-10-12-24-37(32)52-41(34)40/h1-26H. The van der Waals surface area contributed by atoms with E-state index >= 15 is 0 Å². The van der Waals surface area contributed by atoms with E-state index < -0.39 is 0 Å². The molecule has 7 heteroatoms. The minimum Gasteiger partial charge on any atom is -0.456 e. The normalized spacial score (nSPS) is 11.8. The number of rotatable bonds is 5. The van der Waals surface area contributed by atoms with Gasteiger partial charge in [-0.05, 0) is 29.8 Å². The molecular weight excluding hydrogens is 673 g/mol. The van der Waals surface area contributed by atoms with Gasteiger partial charge in [0.25, 0.3) is 0 Å². The molecule has 0 saturated carbocycles. The second-order valence-electron chi connectivity index (χ2n) is 13.0. The summed E-state index contributed by atoms with van der Waals surface area (Å²) in [6, 6.07) is 53.2. The first kappa shape index (κ1) is 29.7. The molecule has 11 aromatic rings. The van der Waals surface area contributed by atoms with Gasteiger partial charge in [-0.25, -0.2) is 19.9 Å². The third kappa shape index (κ3) is 4.79. The predicted molar refractivity (Wildman–Crippen MR) is 215 cm³/mol. The highest BCUT2D eigenvalue weighted by molar-refractivity contribution is 7.22. The van der Waals surface area contributed by atoms with Crippen molar-refractivity contribution in [2.45, 2.75) is 0 Å². The van der Waals surface area contributed by atoms with E-state index in [-0.39, 0.29) is 0 Å². The van der Waals surface area contributed by atoms with E-state index in [1.54, 1.807) is 11.3 Å². The number of benzene rings is 7. The lowest BCUT2D eigenvalue weighted by Crippen LogP contribution is -2.01. The maximum absolute atomic E-state index is 6.73. The lowest BCUT2D eigenvalue weighted by molar-refractivity contribution is 0.669. The van der Waals surface area contributed by atoms with Crippen LogP contribution in [0.2, 0.25) is 0 Å². The Morgan fingerprint density at radius 1 is 0.396 bits per heavy atom. The zero-order valence-corrected chi connectivity index (χ0v) is 28.8. The molecular formula is C46H26N4O2S. The van der Waals surface area contributed by atoms with Gasteiger partial charge in [-0.1, -0.05) is 133 Å². The maximum atomic E-state index is 6.73. The molecule has 7 aromatic carbocycles. The molecule has 0 fully saturated rings. The molecule has 0 amide bonds. The molecule has 0 aliphatic heterocycles. The topological polar surface area (TPSA) is 77.8 Å². The van der Waals surface area contributed by atoms with E-state index in [1.165, 1.54) is 0 Å². The summed E-state index contributed by atoms with van der Waals surface area (Å²) in [4.78, 5) is 20.7. The molecule has 0 aliphatic rings. The number of nitrogens with zero attached hydrogens (tertiary/aromatic N) is 4. The second-order valence-corrected chi connectivity index (χ2v) is 14.0. The van der Waals surface area contributed by atoms with Crippen LogP contribution >= 0.6 is 11.3 Å². The molecule has 248 valence electrons. The number of aromatic nitrogens is 4. The van der Waals surface area contributed by atoms with Crippen LogP contribution in [0.1, 0.15) is 0 Å². The van der Waals surface area contributed by atoms with Crippen molar-refractivity contribution < 1.29 is 8.83 Å². The number of hydrogen-bond donors (Lipinski definition) is 0. The Morgan fingerprint density at radius 2 is 0.962 bits per heavy atom. The van der Waals surface area contributed by atoms with Crippen LogP contribution in [0.4, 0.5) is 0 Å². The first-order valence-corrected chi connectivity index (χ1v) is 18.2. The quantitative estimate of drug-likeness (QED) is 0.178. The third-order valence-electron chi connectivity index (χ3n) is 9.79. The highest BCUT2D eigenvalue weighted by Gasteiger charge is 2.23. The molecule has 4 aromatic heterocycles. The first-order chi connectivity index (χ1) is 26.3. The van der Waals surface area contributed by atoms with E-state index in [0.717, 1.165) is 92.5 Å². The molecule has 0 radical (unpaired) electrons. The van der Waals surface area contributed by atoms with Crippen LogP contribution < -0.4 is 0 Å². The van der Waals surface area contributed by atoms with Crippen molar-refractivity contribution in [1.29, 1.82) is 0 Å². The Bertz CT molecular complexity index is 3180. The van der Waals surface area contributed by atoms with E-state index in [2.05, 4.69) is 54.6 Å². The molecule has 11 rings (SSSR count). The molecule has 53 heavy (non-hydrogen) atoms. The number of fused-ring (bicyclic) bond motifs is 8. The molecule has 0 atom stereocenters. The molecule has 0 N–H and O–H groups in total. The number of hydrogen-bond acceptors (Lipinski definition) is 7. The molecule has 0 saturated heterocycles. The van der Waals surface area contributed by atoms with E-state index in [0.29, 0.717) is 17.5 Å². The molecule has 0 aliphatic carbocycles. The summed E-state index contributed by atoms with van der Waals surface area (Å²) >= 11 is 1.69. The summed E-state index contributed by atoms with van der Waals surface area (Å²) in [5, 5.41) is 5.07. The van der Waals surface area contributed by atoms with E-state index in [1.807, 2.05) is 103 Å². The largest absolute Gasteiger partial charge is 0.456 e. The molecule has 0 bridgehead atoms. The third-order valence-corrected chi connectivity index (χ3v) is 10.9. The average molecular weight is 699 g/mol. The Labute approximate surface area is 306 Å². The van der Waals surface area contributed by atoms with Gasteiger partial charge in [0.05, 0.1) is 10.2 Å². The van der Waals surface area contributed by atoms with Crippen molar-refractivity contribution in [2.75, 3.05) is 0 Å². The average Bonchev–Trinajstić information content (AvgIpc) is 3.94. The van der Waals surface area contributed by atoms with Crippen LogP contribution in [0.15, 0.2) is 167 Å². The summed E-state index contributed by atoms with van der Waals surface area (Å²) in [7, 11) is 0. The highest BCUT2D eigenvalue weighted by atomic mass is 32.1. The predicted octanol–water partition coefficient (Wildman–Crippen LogP) is 12.6. The van der Waals surface area contributed by atoms with Crippen molar-refractivity contribution in [3.05, 3.63) is 158 Å². The van der Waals surface area contributed by atoms with Gasteiger partial charge in [0.2, 0.25) is 0 Å². The van der Waals surface area contributed by atoms with Crippen molar-refractivity contribution in [3.63, 3.8) is 0 Å². The van der Waals surface area contributed by atoms with Crippen LogP contribution in [0.25, 0.3) is 110 Å². The first-order valence-electron chi connectivity index (χ1n) is 17.4. The second kappa shape index (κ2) is 11.8. The summed E-state index contributed by atoms with van der Waals surface area (Å²) in [5.74, 6) is 1.71. The number of furan rings is 2. The van der Waals surface area contributed by atoms with Gasteiger partial charge in [-0.3, -0.25) is 0 Å². The van der Waals surface area contributed by atoms with Gasteiger partial charge in [-0.15, -0.1) is 11.3 Å². The van der Waals surface area contributed by atoms with E-state index in [9.17, 15) is 0 Å². The minimum absolute atomic E-state index is 0.557. The molecule has 6 nitrogen and oxygen atoms in total. The zero-order valence-electron chi connectivity index (χ0n) is 28.0. The highest BCUT2D eigenvalue weighted by Crippen LogP contribution is 2.46. The monoisotopic (exact) mass is 698 g/mol. The van der Waals surface area contributed by atoms with Gasteiger partial charge >= 0.3 is 0 Å². The summed E-state index contributed by atoms with van der Waals surface area (Å²) < 4.78 is 14.1. The Kier molecular flexibility index (Phi) is 6.62. The van der Waals surface area contributed by atoms with Crippen LogP contribution in [-0.2, 0) is 0 Å². The van der Waals surface area contributed by atoms with Gasteiger partial charge in [-0.2, -0.15) is 0 Å². The maximum Gasteiger partial charge on any atom is 0.164 e. The van der Waals surface area contributed by atoms with Crippen LogP contribution in [0, 0.1) is 0 Å². The fourth-order valence-electron chi connectivity index (χ4n) is 7.38. The molecule has 0 unspecified atom stereocenters. The number of para-hydroxylation sites is 2. The summed E-state index contributed by atoms with van der Waals surface area (Å²) in [6.45, 7) is 0. The summed E-state index contributed by atoms with van der Waals surface area (Å²) in [6.07, 6.45) is 0. The zero-order chi connectivity index (χ0) is 34.9. The Balaban J connectivity index is 1.18.